The van der Waals surface area contributed by atoms with Crippen molar-refractivity contribution < 1.29 is 14.0 Å². The normalized spacial score (nSPS) is 17.0. The molecule has 1 aliphatic rings. The van der Waals surface area contributed by atoms with Crippen molar-refractivity contribution in [3.05, 3.63) is 90.2 Å². The average molecular weight is 471 g/mol. The topological polar surface area (TPSA) is 82.9 Å². The van der Waals surface area contributed by atoms with Gasteiger partial charge >= 0.3 is 0 Å². The van der Waals surface area contributed by atoms with Crippen LogP contribution in [0.25, 0.3) is 21.5 Å². The van der Waals surface area contributed by atoms with Crippen LogP contribution in [0.1, 0.15) is 12.0 Å². The minimum atomic E-state index is -0.618. The number of thioether (sulfide) groups is 1. The zero-order valence-electron chi connectivity index (χ0n) is 17.9. The zero-order valence-corrected chi connectivity index (χ0v) is 18.7. The second-order valence-electron chi connectivity index (χ2n) is 7.74. The van der Waals surface area contributed by atoms with Gasteiger partial charge in [0.05, 0.1) is 6.21 Å². The molecule has 1 saturated heterocycles. The van der Waals surface area contributed by atoms with Gasteiger partial charge in [0.1, 0.15) is 11.1 Å². The molecule has 0 bridgehead atoms. The van der Waals surface area contributed by atoms with E-state index in [1.807, 2.05) is 36.4 Å². The number of nitrogens with one attached hydrogen (secondary N) is 2. The molecule has 5 rings (SSSR count). The highest BCUT2D eigenvalue weighted by molar-refractivity contribution is 8.15. The van der Waals surface area contributed by atoms with Crippen molar-refractivity contribution in [2.45, 2.75) is 11.7 Å². The Balaban J connectivity index is 1.31. The Morgan fingerprint density at radius 1 is 1.00 bits per heavy atom. The first-order valence-corrected chi connectivity index (χ1v) is 11.5. The fourth-order valence-electron chi connectivity index (χ4n) is 3.83. The lowest BCUT2D eigenvalue weighted by atomic mass is 9.97. The summed E-state index contributed by atoms with van der Waals surface area (Å²) >= 11 is 1.16. The highest BCUT2D eigenvalue weighted by Gasteiger charge is 2.32. The molecule has 2 N–H and O–H groups in total. The predicted octanol–water partition coefficient (Wildman–Crippen LogP) is 5.08. The summed E-state index contributed by atoms with van der Waals surface area (Å²) in [7, 11) is 0. The average Bonchev–Trinajstić information content (AvgIpc) is 3.18. The number of hydrogen-bond donors (Lipinski definition) is 2. The molecule has 168 valence electrons. The van der Waals surface area contributed by atoms with Crippen molar-refractivity contribution in [1.29, 1.82) is 0 Å². The highest BCUT2D eigenvalue weighted by Crippen LogP contribution is 2.28. The number of hydrogen-bond acceptors (Lipinski definition) is 5. The zero-order chi connectivity index (χ0) is 23.5. The molecule has 0 aliphatic carbocycles. The van der Waals surface area contributed by atoms with Crippen LogP contribution in [0.5, 0.6) is 0 Å². The van der Waals surface area contributed by atoms with Crippen molar-refractivity contribution in [2.24, 2.45) is 10.2 Å². The molecule has 4 aromatic rings. The Bertz CT molecular complexity index is 1410. The second-order valence-corrected chi connectivity index (χ2v) is 8.93. The quantitative estimate of drug-likeness (QED) is 0.242. The molecule has 6 nitrogen and oxygen atoms in total. The third-order valence-corrected chi connectivity index (χ3v) is 6.50. The molecular weight excluding hydrogens is 451 g/mol. The van der Waals surface area contributed by atoms with Gasteiger partial charge in [-0.1, -0.05) is 60.3 Å². The lowest BCUT2D eigenvalue weighted by Gasteiger charge is -2.07. The van der Waals surface area contributed by atoms with Gasteiger partial charge in [0.25, 0.3) is 0 Å². The van der Waals surface area contributed by atoms with Crippen molar-refractivity contribution >= 4 is 62.2 Å². The van der Waals surface area contributed by atoms with E-state index in [9.17, 15) is 14.0 Å². The molecule has 4 aromatic carbocycles. The van der Waals surface area contributed by atoms with E-state index in [1.165, 1.54) is 24.3 Å². The number of fused-ring (bicyclic) bond motifs is 2. The van der Waals surface area contributed by atoms with E-state index in [-0.39, 0.29) is 24.1 Å². The monoisotopic (exact) mass is 470 g/mol. The molecule has 2 amide bonds. The number of benzene rings is 4. The Morgan fingerprint density at radius 3 is 2.32 bits per heavy atom. The van der Waals surface area contributed by atoms with Gasteiger partial charge in [0, 0.05) is 17.7 Å². The minimum Gasteiger partial charge on any atom is -0.326 e. The number of nitrogens with zero attached hydrogens (tertiary/aromatic N) is 2. The summed E-state index contributed by atoms with van der Waals surface area (Å²) in [6.45, 7) is 0. The van der Waals surface area contributed by atoms with Crippen molar-refractivity contribution in [3.63, 3.8) is 0 Å². The Labute approximate surface area is 199 Å². The number of carbonyl (C=O) groups is 2. The van der Waals surface area contributed by atoms with Crippen LogP contribution in [-0.2, 0) is 9.59 Å². The van der Waals surface area contributed by atoms with E-state index >= 15 is 0 Å². The van der Waals surface area contributed by atoms with Crippen molar-refractivity contribution in [2.75, 3.05) is 5.32 Å². The van der Waals surface area contributed by atoms with E-state index in [2.05, 4.69) is 39.0 Å². The number of rotatable bonds is 5. The predicted molar refractivity (Wildman–Crippen MR) is 136 cm³/mol. The van der Waals surface area contributed by atoms with Crippen LogP contribution >= 0.6 is 11.8 Å². The van der Waals surface area contributed by atoms with Crippen LogP contribution in [-0.4, -0.2) is 28.4 Å². The molecule has 0 aromatic heterocycles. The highest BCUT2D eigenvalue weighted by atomic mass is 32.2. The maximum Gasteiger partial charge on any atom is 0.240 e. The summed E-state index contributed by atoms with van der Waals surface area (Å²) in [6, 6.07) is 23.7. The summed E-state index contributed by atoms with van der Waals surface area (Å²) in [6.07, 6.45) is 1.66. The molecule has 0 spiro atoms. The molecule has 1 atom stereocenters. The SMILES string of the molecule is O=C(CC1S/C(=N/N=C/c2c3ccccc3cc3ccccc23)NC1=O)Nc1ccc(F)cc1. The lowest BCUT2D eigenvalue weighted by Crippen LogP contribution is -2.28. The number of carbonyl (C=O) groups excluding carboxylic acids is 2. The van der Waals surface area contributed by atoms with Crippen LogP contribution in [0.2, 0.25) is 0 Å². The standard InChI is InChI=1S/C26H19FN4O2S/c27-18-9-11-19(12-10-18)29-24(32)14-23-25(33)30-26(34-23)31-28-15-22-20-7-3-1-5-16(20)13-17-6-2-4-8-21(17)22/h1-13,15,23H,14H2,(H,29,32)(H,30,31,33)/b28-15+. The van der Waals surface area contributed by atoms with Gasteiger partial charge in [-0.2, -0.15) is 5.10 Å². The third kappa shape index (κ3) is 4.67. The van der Waals surface area contributed by atoms with Crippen LogP contribution in [0.15, 0.2) is 89.1 Å². The van der Waals surface area contributed by atoms with E-state index in [1.54, 1.807) is 6.21 Å². The molecular formula is C26H19FN4O2S. The fourth-order valence-corrected chi connectivity index (χ4v) is 4.75. The third-order valence-electron chi connectivity index (χ3n) is 5.42. The molecule has 1 heterocycles. The number of anilines is 1. The summed E-state index contributed by atoms with van der Waals surface area (Å²) in [5.41, 5.74) is 1.42. The summed E-state index contributed by atoms with van der Waals surface area (Å²) in [4.78, 5) is 24.6. The van der Waals surface area contributed by atoms with E-state index in [0.717, 1.165) is 38.9 Å². The van der Waals surface area contributed by atoms with Gasteiger partial charge < -0.3 is 10.6 Å². The van der Waals surface area contributed by atoms with Gasteiger partial charge in [-0.05, 0) is 51.9 Å². The second kappa shape index (κ2) is 9.44. The Kier molecular flexibility index (Phi) is 6.05. The molecule has 1 unspecified atom stereocenters. The van der Waals surface area contributed by atoms with E-state index in [4.69, 9.17) is 0 Å². The molecule has 34 heavy (non-hydrogen) atoms. The summed E-state index contributed by atoms with van der Waals surface area (Å²) < 4.78 is 13.0. The molecule has 1 fully saturated rings. The summed E-state index contributed by atoms with van der Waals surface area (Å²) in [5, 5.41) is 17.8. The largest absolute Gasteiger partial charge is 0.326 e. The first-order chi connectivity index (χ1) is 16.6. The van der Waals surface area contributed by atoms with Gasteiger partial charge in [0.2, 0.25) is 11.8 Å². The molecule has 1 aliphatic heterocycles. The molecule has 0 saturated carbocycles. The van der Waals surface area contributed by atoms with Crippen LogP contribution < -0.4 is 10.6 Å². The maximum atomic E-state index is 13.0. The van der Waals surface area contributed by atoms with E-state index < -0.39 is 5.25 Å². The van der Waals surface area contributed by atoms with Crippen molar-refractivity contribution in [1.82, 2.24) is 5.32 Å². The first kappa shape index (κ1) is 21.8. The first-order valence-electron chi connectivity index (χ1n) is 10.6. The van der Waals surface area contributed by atoms with Gasteiger partial charge in [-0.3, -0.25) is 9.59 Å². The van der Waals surface area contributed by atoms with Gasteiger partial charge in [-0.25, -0.2) is 4.39 Å². The molecule has 0 radical (unpaired) electrons. The maximum absolute atomic E-state index is 13.0. The Morgan fingerprint density at radius 2 is 1.65 bits per heavy atom. The number of amides is 2. The van der Waals surface area contributed by atoms with Crippen LogP contribution in [0.4, 0.5) is 10.1 Å². The molecule has 8 heteroatoms. The minimum absolute atomic E-state index is 0.0371. The van der Waals surface area contributed by atoms with Crippen LogP contribution in [0.3, 0.4) is 0 Å². The summed E-state index contributed by atoms with van der Waals surface area (Å²) in [5.74, 6) is -1.03. The fraction of sp³-hybridized carbons (Fsp3) is 0.0769. The van der Waals surface area contributed by atoms with E-state index in [0.29, 0.717) is 10.9 Å². The van der Waals surface area contributed by atoms with Crippen LogP contribution in [0, 0.1) is 5.82 Å². The number of halogens is 1. The lowest BCUT2D eigenvalue weighted by molar-refractivity contribution is -0.122. The number of amidine groups is 1. The van der Waals surface area contributed by atoms with Gasteiger partial charge in [-0.15, -0.1) is 5.10 Å². The van der Waals surface area contributed by atoms with Crippen molar-refractivity contribution in [3.8, 4) is 0 Å². The smallest absolute Gasteiger partial charge is 0.240 e. The van der Waals surface area contributed by atoms with Gasteiger partial charge in [0.15, 0.2) is 5.17 Å². The Hall–Kier alpha value is -4.04.